The van der Waals surface area contributed by atoms with E-state index < -0.39 is 0 Å². The predicted molar refractivity (Wildman–Crippen MR) is 68.4 cm³/mol. The molecule has 0 aromatic heterocycles. The molecule has 0 amide bonds. The van der Waals surface area contributed by atoms with E-state index in [1.807, 2.05) is 19.1 Å². The van der Waals surface area contributed by atoms with Crippen LogP contribution < -0.4 is 2.81 Å². The second-order valence-corrected chi connectivity index (χ2v) is 5.42. The zero-order chi connectivity index (χ0) is 11.7. The van der Waals surface area contributed by atoms with Crippen LogP contribution in [0.3, 0.4) is 0 Å². The van der Waals surface area contributed by atoms with Crippen molar-refractivity contribution < 1.29 is 5.11 Å². The molecule has 0 saturated heterocycles. The third kappa shape index (κ3) is 2.32. The van der Waals surface area contributed by atoms with Crippen molar-refractivity contribution in [3.05, 3.63) is 47.5 Å². The molecule has 0 bridgehead atoms. The molecule has 0 saturated carbocycles. The molecule has 0 aliphatic rings. The zero-order valence-corrected chi connectivity index (χ0v) is 11.9. The molecule has 0 unspecified atom stereocenters. The molecule has 1 nitrogen and oxygen atoms in total. The van der Waals surface area contributed by atoms with Crippen molar-refractivity contribution in [1.29, 1.82) is 0 Å². The minimum atomic E-state index is 0.369. The van der Waals surface area contributed by atoms with Crippen LogP contribution in [0.5, 0.6) is 5.75 Å². The normalized spacial score (nSPS) is 10.5. The summed E-state index contributed by atoms with van der Waals surface area (Å²) in [6.45, 7) is 4.13. The number of hydrogen-bond donors (Lipinski definition) is 1. The Morgan fingerprint density at radius 1 is 0.875 bits per heavy atom. The van der Waals surface area contributed by atoms with Crippen molar-refractivity contribution >= 4 is 30.7 Å². The molecule has 16 heavy (non-hydrogen) atoms. The molecule has 0 atom stereocenters. The first-order valence-electron chi connectivity index (χ1n) is 5.45. The number of benzene rings is 2. The Morgan fingerprint density at radius 3 is 2.12 bits per heavy atom. The van der Waals surface area contributed by atoms with Crippen LogP contribution in [0.15, 0.2) is 36.4 Å². The fourth-order valence-electron chi connectivity index (χ4n) is 1.89. The standard InChI is InChI=1S/C14H13O.Na/c1-10-4-3-5-12(8-10)13-9-11(2)6-7-14(13)15;/h3-4,6-9,15H,1-2H3;. The summed E-state index contributed by atoms with van der Waals surface area (Å²) in [6, 6.07) is 12.2. The molecule has 0 aliphatic carbocycles. The number of aryl methyl sites for hydroxylation is 2. The number of rotatable bonds is 1. The van der Waals surface area contributed by atoms with E-state index in [2.05, 4.69) is 25.1 Å². The van der Waals surface area contributed by atoms with Crippen molar-refractivity contribution in [1.82, 2.24) is 0 Å². The van der Waals surface area contributed by atoms with Gasteiger partial charge in [-0.15, -0.1) is 0 Å². The first kappa shape index (κ1) is 11.7. The molecule has 1 N–H and O–H groups in total. The van der Waals surface area contributed by atoms with Crippen molar-refractivity contribution in [2.24, 2.45) is 0 Å². The van der Waals surface area contributed by atoms with Crippen LogP contribution in [0.1, 0.15) is 11.1 Å². The van der Waals surface area contributed by atoms with Crippen LogP contribution in [-0.4, -0.2) is 33.0 Å². The molecule has 0 aliphatic heterocycles. The van der Waals surface area contributed by atoms with E-state index in [4.69, 9.17) is 0 Å². The second-order valence-electron chi connectivity index (χ2n) is 4.34. The van der Waals surface area contributed by atoms with E-state index >= 15 is 0 Å². The zero-order valence-electron chi connectivity index (χ0n) is 9.91. The van der Waals surface area contributed by atoms with Crippen LogP contribution in [0.25, 0.3) is 11.1 Å². The molecule has 0 fully saturated rings. The van der Waals surface area contributed by atoms with Gasteiger partial charge in [-0.25, -0.2) is 0 Å². The van der Waals surface area contributed by atoms with Gasteiger partial charge < -0.3 is 0 Å². The molecule has 2 heteroatoms. The van der Waals surface area contributed by atoms with E-state index in [1.54, 1.807) is 6.07 Å². The molecular formula is C14H13NaO. The average molecular weight is 220 g/mol. The Morgan fingerprint density at radius 2 is 1.44 bits per heavy atom. The molecular weight excluding hydrogens is 207 g/mol. The van der Waals surface area contributed by atoms with E-state index in [1.165, 1.54) is 19.5 Å². The summed E-state index contributed by atoms with van der Waals surface area (Å²) >= 11 is 0.993. The summed E-state index contributed by atoms with van der Waals surface area (Å²) in [4.78, 5) is 0. The Balaban J connectivity index is 2.66. The predicted octanol–water partition coefficient (Wildman–Crippen LogP) is 2.47. The van der Waals surface area contributed by atoms with Crippen LogP contribution in [0.2, 0.25) is 0 Å². The number of aromatic hydroxyl groups is 1. The van der Waals surface area contributed by atoms with Crippen LogP contribution in [-0.2, 0) is 0 Å². The van der Waals surface area contributed by atoms with Crippen LogP contribution in [0, 0.1) is 13.8 Å². The maximum atomic E-state index is 9.92. The molecule has 2 aromatic rings. The number of hydrogen-bond acceptors (Lipinski definition) is 1. The number of phenolic OH excluding ortho intramolecular Hbond substituents is 1. The summed E-state index contributed by atoms with van der Waals surface area (Å²) in [7, 11) is 0. The van der Waals surface area contributed by atoms with Crippen molar-refractivity contribution in [2.75, 3.05) is 0 Å². The van der Waals surface area contributed by atoms with Crippen molar-refractivity contribution in [3.8, 4) is 16.9 Å². The third-order valence-electron chi connectivity index (χ3n) is 2.84. The van der Waals surface area contributed by atoms with Gasteiger partial charge in [-0.1, -0.05) is 0 Å². The summed E-state index contributed by atoms with van der Waals surface area (Å²) in [5, 5.41) is 9.92. The SMILES string of the molecule is Cc1ccc(O)c(-c2cc(C)cc[c]2[Na])c1. The second kappa shape index (κ2) is 4.62. The Bertz CT molecular complexity index is 483. The molecule has 0 radical (unpaired) electrons. The van der Waals surface area contributed by atoms with E-state index in [0.717, 1.165) is 33.5 Å². The summed E-state index contributed by atoms with van der Waals surface area (Å²) in [6.07, 6.45) is 0. The van der Waals surface area contributed by atoms with Gasteiger partial charge in [0.05, 0.1) is 0 Å². The van der Waals surface area contributed by atoms with Gasteiger partial charge in [0.2, 0.25) is 0 Å². The topological polar surface area (TPSA) is 20.2 Å². The van der Waals surface area contributed by atoms with E-state index in [9.17, 15) is 5.11 Å². The van der Waals surface area contributed by atoms with Crippen molar-refractivity contribution in [2.45, 2.75) is 13.8 Å². The monoisotopic (exact) mass is 220 g/mol. The van der Waals surface area contributed by atoms with E-state index in [0.29, 0.717) is 5.75 Å². The Labute approximate surface area is 114 Å². The molecule has 76 valence electrons. The van der Waals surface area contributed by atoms with Gasteiger partial charge in [0, 0.05) is 0 Å². The summed E-state index contributed by atoms with van der Waals surface area (Å²) in [5.74, 6) is 0.369. The van der Waals surface area contributed by atoms with Gasteiger partial charge in [-0.3, -0.25) is 0 Å². The van der Waals surface area contributed by atoms with Crippen LogP contribution >= 0.6 is 0 Å². The first-order chi connectivity index (χ1) is 7.58. The molecule has 0 spiro atoms. The fourth-order valence-corrected chi connectivity index (χ4v) is 2.47. The average Bonchev–Trinajstić information content (AvgIpc) is 2.25. The van der Waals surface area contributed by atoms with Gasteiger partial charge in [-0.05, 0) is 0 Å². The minimum absolute atomic E-state index is 0.369. The maximum absolute atomic E-state index is 9.92. The van der Waals surface area contributed by atoms with Gasteiger partial charge in [0.1, 0.15) is 0 Å². The van der Waals surface area contributed by atoms with Crippen LogP contribution in [0.4, 0.5) is 0 Å². The Kier molecular flexibility index (Phi) is 3.38. The molecule has 0 heterocycles. The first-order valence-corrected chi connectivity index (χ1v) is 6.45. The van der Waals surface area contributed by atoms with Crippen molar-refractivity contribution in [3.63, 3.8) is 0 Å². The number of phenols is 1. The Hall–Kier alpha value is -0.760. The third-order valence-corrected chi connectivity index (χ3v) is 3.71. The van der Waals surface area contributed by atoms with Gasteiger partial charge in [-0.2, -0.15) is 0 Å². The molecule has 2 rings (SSSR count). The van der Waals surface area contributed by atoms with Gasteiger partial charge in [0.15, 0.2) is 0 Å². The van der Waals surface area contributed by atoms with Gasteiger partial charge in [0.25, 0.3) is 0 Å². The van der Waals surface area contributed by atoms with Gasteiger partial charge >= 0.3 is 114 Å². The summed E-state index contributed by atoms with van der Waals surface area (Å²) in [5.41, 5.74) is 4.53. The molecule has 2 aromatic carbocycles. The summed E-state index contributed by atoms with van der Waals surface area (Å²) < 4.78 is 1.33. The quantitative estimate of drug-likeness (QED) is 0.732. The fraction of sp³-hybridized carbons (Fsp3) is 0.143. The van der Waals surface area contributed by atoms with E-state index in [-0.39, 0.29) is 0 Å².